The molecule has 2 aromatic carbocycles. The molecule has 0 aliphatic carbocycles. The van der Waals surface area contributed by atoms with Crippen LogP contribution in [0.2, 0.25) is 0 Å². The molecule has 96 valence electrons. The average molecular weight is 266 g/mol. The topological polar surface area (TPSA) is 16.1 Å². The SMILES string of the molecule is [B]c1ccc(N(c2ccncc2)c2ccc([B])cc2)cc1. The molecule has 0 spiro atoms. The van der Waals surface area contributed by atoms with Crippen molar-refractivity contribution in [3.63, 3.8) is 0 Å². The quantitative estimate of drug-likeness (QED) is 0.675. The first kappa shape index (κ1) is 13.5. The molecule has 0 aliphatic heterocycles. The minimum atomic E-state index is 0.741. The Morgan fingerprint density at radius 1 is 0.571 bits per heavy atom. The van der Waals surface area contributed by atoms with Crippen LogP contribution in [0.25, 0.3) is 0 Å². The molecule has 0 saturated carbocycles. The molecule has 1 heterocycles. The fourth-order valence-corrected chi connectivity index (χ4v) is 2.19. The maximum Gasteiger partial charge on any atom is 0.113 e. The summed E-state index contributed by atoms with van der Waals surface area (Å²) in [6.07, 6.45) is 3.55. The maximum atomic E-state index is 5.78. The molecular formula is C17H12B2N2. The molecule has 2 nitrogen and oxygen atoms in total. The van der Waals surface area contributed by atoms with E-state index in [1.807, 2.05) is 60.7 Å². The molecule has 3 aromatic rings. The first-order chi connectivity index (χ1) is 10.2. The van der Waals surface area contributed by atoms with Crippen LogP contribution in [0.4, 0.5) is 17.1 Å². The van der Waals surface area contributed by atoms with Gasteiger partial charge in [0.15, 0.2) is 0 Å². The van der Waals surface area contributed by atoms with Crippen molar-refractivity contribution in [3.05, 3.63) is 73.1 Å². The van der Waals surface area contributed by atoms with Gasteiger partial charge in [-0.3, -0.25) is 4.98 Å². The summed E-state index contributed by atoms with van der Waals surface area (Å²) < 4.78 is 0. The van der Waals surface area contributed by atoms with Crippen molar-refractivity contribution in [1.82, 2.24) is 4.98 Å². The standard InChI is InChI=1S/C17H12B2N2/c18-13-1-5-15(6-2-13)21(17-9-11-20-12-10-17)16-7-3-14(19)4-8-16/h1-12H. The van der Waals surface area contributed by atoms with E-state index in [0.717, 1.165) is 28.0 Å². The lowest BCUT2D eigenvalue weighted by atomic mass is 9.95. The number of hydrogen-bond acceptors (Lipinski definition) is 2. The number of benzene rings is 2. The van der Waals surface area contributed by atoms with E-state index >= 15 is 0 Å². The molecule has 21 heavy (non-hydrogen) atoms. The highest BCUT2D eigenvalue weighted by molar-refractivity contribution is 6.32. The van der Waals surface area contributed by atoms with Crippen molar-refractivity contribution in [1.29, 1.82) is 0 Å². The highest BCUT2D eigenvalue weighted by Crippen LogP contribution is 2.32. The Morgan fingerprint density at radius 2 is 0.952 bits per heavy atom. The zero-order valence-corrected chi connectivity index (χ0v) is 11.5. The Hall–Kier alpha value is -2.48. The fourth-order valence-electron chi connectivity index (χ4n) is 2.19. The lowest BCUT2D eigenvalue weighted by molar-refractivity contribution is 1.24. The lowest BCUT2D eigenvalue weighted by Gasteiger charge is -2.25. The van der Waals surface area contributed by atoms with Crippen LogP contribution in [0.5, 0.6) is 0 Å². The Labute approximate surface area is 127 Å². The highest BCUT2D eigenvalue weighted by atomic mass is 15.1. The second kappa shape index (κ2) is 5.88. The molecule has 0 N–H and O–H groups in total. The average Bonchev–Trinajstić information content (AvgIpc) is 2.52. The Balaban J connectivity index is 2.11. The molecule has 4 radical (unpaired) electrons. The van der Waals surface area contributed by atoms with E-state index in [-0.39, 0.29) is 0 Å². The van der Waals surface area contributed by atoms with Gasteiger partial charge in [0.2, 0.25) is 0 Å². The summed E-state index contributed by atoms with van der Waals surface area (Å²) in [6.45, 7) is 0. The van der Waals surface area contributed by atoms with E-state index in [1.165, 1.54) is 0 Å². The summed E-state index contributed by atoms with van der Waals surface area (Å²) >= 11 is 0. The first-order valence-corrected chi connectivity index (χ1v) is 6.65. The van der Waals surface area contributed by atoms with Crippen LogP contribution in [-0.2, 0) is 0 Å². The van der Waals surface area contributed by atoms with E-state index in [0.29, 0.717) is 0 Å². The molecule has 0 saturated heterocycles. The van der Waals surface area contributed by atoms with Gasteiger partial charge in [-0.15, -0.1) is 0 Å². The minimum absolute atomic E-state index is 0.741. The van der Waals surface area contributed by atoms with E-state index in [9.17, 15) is 0 Å². The molecule has 0 amide bonds. The van der Waals surface area contributed by atoms with Crippen molar-refractivity contribution in [3.8, 4) is 0 Å². The van der Waals surface area contributed by atoms with Crippen molar-refractivity contribution < 1.29 is 0 Å². The molecule has 0 fully saturated rings. The summed E-state index contributed by atoms with van der Waals surface area (Å²) in [6, 6.07) is 19.5. The van der Waals surface area contributed by atoms with Gasteiger partial charge in [0.25, 0.3) is 0 Å². The largest absolute Gasteiger partial charge is 0.310 e. The Kier molecular flexibility index (Phi) is 3.78. The number of nitrogens with zero attached hydrogens (tertiary/aromatic N) is 2. The van der Waals surface area contributed by atoms with E-state index < -0.39 is 0 Å². The van der Waals surface area contributed by atoms with Gasteiger partial charge in [-0.05, 0) is 36.4 Å². The van der Waals surface area contributed by atoms with Crippen molar-refractivity contribution in [2.75, 3.05) is 4.90 Å². The number of pyridine rings is 1. The summed E-state index contributed by atoms with van der Waals surface area (Å²) in [5.74, 6) is 0. The first-order valence-electron chi connectivity index (χ1n) is 6.65. The summed E-state index contributed by atoms with van der Waals surface area (Å²) in [5.41, 5.74) is 4.57. The van der Waals surface area contributed by atoms with E-state index in [4.69, 9.17) is 15.7 Å². The third kappa shape index (κ3) is 3.00. The summed E-state index contributed by atoms with van der Waals surface area (Å²) in [4.78, 5) is 6.20. The number of rotatable bonds is 3. The van der Waals surface area contributed by atoms with Gasteiger partial charge in [0.05, 0.1) is 0 Å². The van der Waals surface area contributed by atoms with Crippen LogP contribution >= 0.6 is 0 Å². The predicted molar refractivity (Wildman–Crippen MR) is 89.7 cm³/mol. The van der Waals surface area contributed by atoms with Crippen LogP contribution < -0.4 is 15.8 Å². The maximum absolute atomic E-state index is 5.78. The van der Waals surface area contributed by atoms with Crippen molar-refractivity contribution >= 4 is 43.7 Å². The van der Waals surface area contributed by atoms with Crippen LogP contribution in [-0.4, -0.2) is 20.7 Å². The smallest absolute Gasteiger partial charge is 0.113 e. The van der Waals surface area contributed by atoms with Crippen molar-refractivity contribution in [2.45, 2.75) is 0 Å². The Morgan fingerprint density at radius 3 is 1.38 bits per heavy atom. The van der Waals surface area contributed by atoms with E-state index in [2.05, 4.69) is 9.88 Å². The zero-order valence-electron chi connectivity index (χ0n) is 11.5. The van der Waals surface area contributed by atoms with Crippen LogP contribution in [0.15, 0.2) is 73.1 Å². The zero-order chi connectivity index (χ0) is 14.7. The molecule has 4 heteroatoms. The second-order valence-electron chi connectivity index (χ2n) is 4.72. The van der Waals surface area contributed by atoms with Gasteiger partial charge in [0, 0.05) is 29.5 Å². The monoisotopic (exact) mass is 266 g/mol. The predicted octanol–water partition coefficient (Wildman–Crippen LogP) is 2.14. The lowest BCUT2D eigenvalue weighted by Crippen LogP contribution is -2.12. The van der Waals surface area contributed by atoms with Gasteiger partial charge < -0.3 is 4.90 Å². The van der Waals surface area contributed by atoms with Crippen molar-refractivity contribution in [2.24, 2.45) is 0 Å². The van der Waals surface area contributed by atoms with Gasteiger partial charge in [-0.2, -0.15) is 0 Å². The molecule has 0 atom stereocenters. The summed E-state index contributed by atoms with van der Waals surface area (Å²) in [7, 11) is 11.6. The van der Waals surface area contributed by atoms with Gasteiger partial charge in [-0.25, -0.2) is 0 Å². The van der Waals surface area contributed by atoms with E-state index in [1.54, 1.807) is 12.4 Å². The van der Waals surface area contributed by atoms with Gasteiger partial charge in [-0.1, -0.05) is 35.2 Å². The molecule has 3 rings (SSSR count). The third-order valence-corrected chi connectivity index (χ3v) is 3.22. The third-order valence-electron chi connectivity index (χ3n) is 3.22. The van der Waals surface area contributed by atoms with Crippen LogP contribution in [0.3, 0.4) is 0 Å². The normalized spacial score (nSPS) is 10.3. The highest BCUT2D eigenvalue weighted by Gasteiger charge is 2.11. The molecule has 0 aliphatic rings. The van der Waals surface area contributed by atoms with Crippen LogP contribution in [0, 0.1) is 0 Å². The number of aromatic nitrogens is 1. The Bertz CT molecular complexity index is 665. The fraction of sp³-hybridized carbons (Fsp3) is 0. The molecule has 1 aromatic heterocycles. The molecular weight excluding hydrogens is 254 g/mol. The molecule has 0 unspecified atom stereocenters. The number of hydrogen-bond donors (Lipinski definition) is 0. The summed E-state index contributed by atoms with van der Waals surface area (Å²) in [5, 5.41) is 0. The van der Waals surface area contributed by atoms with Crippen LogP contribution in [0.1, 0.15) is 0 Å². The molecule has 0 bridgehead atoms. The van der Waals surface area contributed by atoms with Gasteiger partial charge >= 0.3 is 0 Å². The second-order valence-corrected chi connectivity index (χ2v) is 4.72. The van der Waals surface area contributed by atoms with Gasteiger partial charge in [0.1, 0.15) is 15.7 Å². The minimum Gasteiger partial charge on any atom is -0.310 e. The number of anilines is 3.